The molecular formula is C22H18Cl3N3O5. The largest absolute Gasteiger partial charge is 0.484 e. The molecule has 11 heteroatoms. The molecule has 0 radical (unpaired) electrons. The van der Waals surface area contributed by atoms with Crippen LogP contribution in [0.15, 0.2) is 58.0 Å². The number of amides is 1. The molecule has 0 spiro atoms. The van der Waals surface area contributed by atoms with Gasteiger partial charge >= 0.3 is 5.97 Å². The topological polar surface area (TPSA) is 102 Å². The Morgan fingerprint density at radius 2 is 1.85 bits per heavy atom. The predicted molar refractivity (Wildman–Crippen MR) is 127 cm³/mol. The van der Waals surface area contributed by atoms with Crippen LogP contribution in [0.1, 0.15) is 23.0 Å². The maximum absolute atomic E-state index is 12.4. The fraction of sp³-hybridized carbons (Fsp3) is 0.136. The highest BCUT2D eigenvalue weighted by atomic mass is 35.5. The molecule has 3 aromatic rings. The third-order valence-electron chi connectivity index (χ3n) is 3.99. The smallest absolute Gasteiger partial charge is 0.345 e. The van der Waals surface area contributed by atoms with Crippen LogP contribution in [0.25, 0.3) is 0 Å². The number of esters is 1. The van der Waals surface area contributed by atoms with Crippen LogP contribution in [-0.2, 0) is 9.53 Å². The van der Waals surface area contributed by atoms with Crippen molar-refractivity contribution in [3.8, 4) is 5.75 Å². The van der Waals surface area contributed by atoms with Crippen LogP contribution in [0.4, 0.5) is 11.6 Å². The summed E-state index contributed by atoms with van der Waals surface area (Å²) in [6, 6.07) is 13.3. The van der Waals surface area contributed by atoms with Gasteiger partial charge in [-0.15, -0.1) is 0 Å². The van der Waals surface area contributed by atoms with Gasteiger partial charge in [-0.1, -0.05) is 40.9 Å². The first-order valence-electron chi connectivity index (χ1n) is 9.59. The molecule has 172 valence electrons. The Hall–Kier alpha value is -3.20. The number of rotatable bonds is 9. The third kappa shape index (κ3) is 6.89. The minimum absolute atomic E-state index is 0.0164. The Labute approximate surface area is 204 Å². The van der Waals surface area contributed by atoms with E-state index < -0.39 is 11.9 Å². The number of anilines is 2. The van der Waals surface area contributed by atoms with Gasteiger partial charge in [0.25, 0.3) is 5.91 Å². The average molecular weight is 511 g/mol. The molecule has 0 fully saturated rings. The van der Waals surface area contributed by atoms with Gasteiger partial charge in [-0.3, -0.25) is 4.79 Å². The molecule has 0 aliphatic rings. The van der Waals surface area contributed by atoms with Crippen LogP contribution in [0.5, 0.6) is 5.75 Å². The summed E-state index contributed by atoms with van der Waals surface area (Å²) in [6.07, 6.45) is 1.16. The number of hydrazone groups is 1. The van der Waals surface area contributed by atoms with Crippen molar-refractivity contribution in [2.75, 3.05) is 18.5 Å². The molecule has 0 saturated heterocycles. The maximum atomic E-state index is 12.4. The summed E-state index contributed by atoms with van der Waals surface area (Å²) in [5.41, 5.74) is 2.84. The summed E-state index contributed by atoms with van der Waals surface area (Å²) in [4.78, 5) is 24.4. The number of nitrogens with zero attached hydrogens (tertiary/aromatic N) is 1. The van der Waals surface area contributed by atoms with Crippen molar-refractivity contribution in [2.45, 2.75) is 6.92 Å². The first-order chi connectivity index (χ1) is 15.9. The quantitative estimate of drug-likeness (QED) is 0.218. The molecule has 3 rings (SSSR count). The lowest BCUT2D eigenvalue weighted by atomic mass is 10.2. The molecule has 2 aromatic carbocycles. The van der Waals surface area contributed by atoms with Gasteiger partial charge in [0, 0.05) is 15.7 Å². The van der Waals surface area contributed by atoms with E-state index in [2.05, 4.69) is 15.8 Å². The summed E-state index contributed by atoms with van der Waals surface area (Å²) < 4.78 is 16.0. The van der Waals surface area contributed by atoms with Crippen LogP contribution >= 0.6 is 34.8 Å². The molecule has 2 N–H and O–H groups in total. The van der Waals surface area contributed by atoms with E-state index in [1.54, 1.807) is 55.5 Å². The van der Waals surface area contributed by atoms with Gasteiger partial charge in [0.15, 0.2) is 12.4 Å². The second-order valence-electron chi connectivity index (χ2n) is 6.38. The van der Waals surface area contributed by atoms with Crippen molar-refractivity contribution < 1.29 is 23.5 Å². The highest BCUT2D eigenvalue weighted by Crippen LogP contribution is 2.34. The average Bonchev–Trinajstić information content (AvgIpc) is 3.08. The van der Waals surface area contributed by atoms with Gasteiger partial charge in [-0.2, -0.15) is 5.10 Å². The first kappa shape index (κ1) is 24.4. The van der Waals surface area contributed by atoms with Crippen LogP contribution in [-0.4, -0.2) is 31.3 Å². The molecule has 8 nitrogen and oxygen atoms in total. The molecule has 33 heavy (non-hydrogen) atoms. The van der Waals surface area contributed by atoms with Crippen molar-refractivity contribution in [3.63, 3.8) is 0 Å². The molecule has 0 unspecified atom stereocenters. The Kier molecular flexibility index (Phi) is 8.59. The summed E-state index contributed by atoms with van der Waals surface area (Å²) in [7, 11) is 0. The van der Waals surface area contributed by atoms with E-state index in [9.17, 15) is 9.59 Å². The first-order valence-corrected chi connectivity index (χ1v) is 10.7. The zero-order valence-electron chi connectivity index (χ0n) is 17.2. The van der Waals surface area contributed by atoms with E-state index in [0.29, 0.717) is 21.5 Å². The van der Waals surface area contributed by atoms with E-state index in [1.807, 2.05) is 0 Å². The number of ether oxygens (including phenoxy) is 2. The lowest BCUT2D eigenvalue weighted by Crippen LogP contribution is -2.24. The van der Waals surface area contributed by atoms with Gasteiger partial charge < -0.3 is 19.2 Å². The van der Waals surface area contributed by atoms with Crippen LogP contribution in [0.3, 0.4) is 0 Å². The van der Waals surface area contributed by atoms with Crippen molar-refractivity contribution in [1.82, 2.24) is 5.43 Å². The maximum Gasteiger partial charge on any atom is 0.345 e. The number of nitrogens with one attached hydrogen (secondary N) is 2. The standard InChI is InChI=1S/C22H18Cl3N3O5/c1-2-31-22(30)19-20(25)17(33-21(19)27-15-5-3-4-14(24)10-15)11-26-28-18(29)12-32-16-8-6-13(23)7-9-16/h3-11,27H,2,12H2,1H3,(H,28,29)/b26-11-. The number of furan rings is 1. The second-order valence-corrected chi connectivity index (χ2v) is 7.63. The fourth-order valence-corrected chi connectivity index (χ4v) is 3.12. The molecule has 1 aromatic heterocycles. The number of hydrogen-bond acceptors (Lipinski definition) is 7. The number of hydrogen-bond donors (Lipinski definition) is 2. The SMILES string of the molecule is CCOC(=O)c1c(Nc2cccc(Cl)c2)oc(/C=N\NC(=O)COc2ccc(Cl)cc2)c1Cl. The lowest BCUT2D eigenvalue weighted by Gasteiger charge is -2.06. The zero-order valence-corrected chi connectivity index (χ0v) is 19.5. The lowest BCUT2D eigenvalue weighted by molar-refractivity contribution is -0.123. The van der Waals surface area contributed by atoms with Gasteiger partial charge in [0.1, 0.15) is 16.3 Å². The molecule has 0 aliphatic heterocycles. The normalized spacial score (nSPS) is 10.8. The molecule has 1 amide bonds. The molecule has 1 heterocycles. The minimum atomic E-state index is -0.684. The summed E-state index contributed by atoms with van der Waals surface area (Å²) in [6.45, 7) is 1.53. The van der Waals surface area contributed by atoms with Gasteiger partial charge in [0.2, 0.25) is 5.88 Å². The Bertz CT molecular complexity index is 1160. The summed E-state index contributed by atoms with van der Waals surface area (Å²) >= 11 is 18.1. The Morgan fingerprint density at radius 3 is 2.55 bits per heavy atom. The molecule has 0 atom stereocenters. The summed E-state index contributed by atoms with van der Waals surface area (Å²) in [5.74, 6) is -0.659. The monoisotopic (exact) mass is 509 g/mol. The van der Waals surface area contributed by atoms with Crippen molar-refractivity contribution in [3.05, 3.63) is 74.9 Å². The van der Waals surface area contributed by atoms with Crippen LogP contribution in [0, 0.1) is 0 Å². The zero-order chi connectivity index (χ0) is 23.8. The molecular weight excluding hydrogens is 493 g/mol. The Morgan fingerprint density at radius 1 is 1.09 bits per heavy atom. The van der Waals surface area contributed by atoms with Crippen LogP contribution in [0.2, 0.25) is 15.1 Å². The van der Waals surface area contributed by atoms with Gasteiger partial charge in [-0.25, -0.2) is 10.2 Å². The minimum Gasteiger partial charge on any atom is -0.484 e. The fourth-order valence-electron chi connectivity index (χ4n) is 2.56. The number of halogens is 3. The second kappa shape index (κ2) is 11.6. The number of benzene rings is 2. The van der Waals surface area contributed by atoms with Crippen molar-refractivity contribution in [2.24, 2.45) is 5.10 Å². The number of carbonyl (C=O) groups excluding carboxylic acids is 2. The highest BCUT2D eigenvalue weighted by molar-refractivity contribution is 6.36. The third-order valence-corrected chi connectivity index (χ3v) is 4.85. The van der Waals surface area contributed by atoms with E-state index in [-0.39, 0.29) is 35.4 Å². The van der Waals surface area contributed by atoms with E-state index in [1.165, 1.54) is 0 Å². The highest BCUT2D eigenvalue weighted by Gasteiger charge is 2.25. The molecule has 0 saturated carbocycles. The van der Waals surface area contributed by atoms with Gasteiger partial charge in [-0.05, 0) is 49.4 Å². The Balaban J connectivity index is 1.70. The van der Waals surface area contributed by atoms with E-state index in [4.69, 9.17) is 48.7 Å². The van der Waals surface area contributed by atoms with Crippen molar-refractivity contribution >= 4 is 64.5 Å². The molecule has 0 bridgehead atoms. The summed E-state index contributed by atoms with van der Waals surface area (Å²) in [5, 5.41) is 7.75. The van der Waals surface area contributed by atoms with E-state index in [0.717, 1.165) is 6.21 Å². The van der Waals surface area contributed by atoms with Gasteiger partial charge in [0.05, 0.1) is 12.8 Å². The number of carbonyl (C=O) groups is 2. The van der Waals surface area contributed by atoms with Crippen LogP contribution < -0.4 is 15.5 Å². The predicted octanol–water partition coefficient (Wildman–Crippen LogP) is 5.69. The van der Waals surface area contributed by atoms with Crippen molar-refractivity contribution in [1.29, 1.82) is 0 Å². The molecule has 0 aliphatic carbocycles. The van der Waals surface area contributed by atoms with E-state index >= 15 is 0 Å².